The summed E-state index contributed by atoms with van der Waals surface area (Å²) in [5, 5.41) is 2.47. The lowest BCUT2D eigenvalue weighted by molar-refractivity contribution is 0.00578. The van der Waals surface area contributed by atoms with E-state index in [9.17, 15) is 0 Å². The summed E-state index contributed by atoms with van der Waals surface area (Å²) in [7, 11) is -0.112. The van der Waals surface area contributed by atoms with E-state index in [2.05, 4.69) is 136 Å². The number of furan rings is 1. The first-order chi connectivity index (χ1) is 23.2. The van der Waals surface area contributed by atoms with Crippen LogP contribution in [0, 0.1) is 5.92 Å². The van der Waals surface area contributed by atoms with Gasteiger partial charge in [-0.25, -0.2) is 0 Å². The van der Waals surface area contributed by atoms with Crippen LogP contribution in [0.5, 0.6) is 0 Å². The first-order valence-electron chi connectivity index (χ1n) is 17.8. The largest absolute Gasteiger partial charge is 0.464 e. The maximum absolute atomic E-state index is 6.64. The minimum atomic E-state index is -0.289. The van der Waals surface area contributed by atoms with Gasteiger partial charge in [-0.15, -0.1) is 0 Å². The summed E-state index contributed by atoms with van der Waals surface area (Å²) >= 11 is 0. The van der Waals surface area contributed by atoms with Crippen LogP contribution in [0.3, 0.4) is 0 Å². The molecule has 4 nitrogen and oxygen atoms in total. The zero-order valence-electron chi connectivity index (χ0n) is 28.5. The number of anilines is 2. The smallest absolute Gasteiger partial charge is 0.455 e. The van der Waals surface area contributed by atoms with Crippen molar-refractivity contribution in [3.8, 4) is 11.1 Å². The van der Waals surface area contributed by atoms with Gasteiger partial charge in [-0.3, -0.25) is 0 Å². The lowest BCUT2D eigenvalue weighted by atomic mass is 9.61. The number of fused-ring (bicyclic) bond motifs is 4. The molecule has 1 saturated heterocycles. The maximum Gasteiger partial charge on any atom is 0.464 e. The van der Waals surface area contributed by atoms with Gasteiger partial charge in [0.1, 0.15) is 11.2 Å². The molecule has 3 aliphatic carbocycles. The summed E-state index contributed by atoms with van der Waals surface area (Å²) in [6.45, 7) is 8.71. The Morgan fingerprint density at radius 3 is 2.12 bits per heavy atom. The highest BCUT2D eigenvalue weighted by Crippen LogP contribution is 2.72. The third kappa shape index (κ3) is 4.81. The van der Waals surface area contributed by atoms with Crippen LogP contribution in [0.25, 0.3) is 38.6 Å². The van der Waals surface area contributed by atoms with Crippen molar-refractivity contribution in [2.24, 2.45) is 5.92 Å². The molecule has 9 rings (SSSR count). The number of nitrogens with zero attached hydrogens (tertiary/aromatic N) is 1. The number of hydrogen-bond acceptors (Lipinski definition) is 4. The molecule has 0 spiro atoms. The normalized spacial score (nSPS) is 25.7. The van der Waals surface area contributed by atoms with Crippen LogP contribution in [0.4, 0.5) is 11.4 Å². The van der Waals surface area contributed by atoms with Crippen molar-refractivity contribution in [3.05, 3.63) is 115 Å². The molecule has 4 aliphatic rings. The van der Waals surface area contributed by atoms with Gasteiger partial charge in [-0.1, -0.05) is 78.9 Å². The highest BCUT2D eigenvalue weighted by atomic mass is 16.7. The molecule has 0 amide bonds. The van der Waals surface area contributed by atoms with E-state index in [1.165, 1.54) is 34.5 Å². The molecule has 5 heteroatoms. The van der Waals surface area contributed by atoms with Crippen molar-refractivity contribution < 1.29 is 13.7 Å². The van der Waals surface area contributed by atoms with E-state index in [1.54, 1.807) is 0 Å². The van der Waals surface area contributed by atoms with Crippen molar-refractivity contribution in [2.45, 2.75) is 88.8 Å². The van der Waals surface area contributed by atoms with Gasteiger partial charge >= 0.3 is 7.12 Å². The van der Waals surface area contributed by atoms with Crippen LogP contribution in [-0.4, -0.2) is 24.4 Å². The first-order valence-corrected chi connectivity index (χ1v) is 17.8. The van der Waals surface area contributed by atoms with Gasteiger partial charge in [0.2, 0.25) is 0 Å². The SMILES string of the molecule is CC1(C)OB(C23CCC(N(c4ccc(C5=CC=CCC5)cc4)c4ccc(-c5cccc6c5oc5ccccc56)cc4)CC2C3)OC1(C)C. The van der Waals surface area contributed by atoms with Crippen LogP contribution < -0.4 is 4.90 Å². The monoisotopic (exact) mass is 633 g/mol. The van der Waals surface area contributed by atoms with Crippen LogP contribution in [0.15, 0.2) is 114 Å². The van der Waals surface area contributed by atoms with E-state index in [4.69, 9.17) is 13.7 Å². The molecule has 4 aromatic carbocycles. The Kier molecular flexibility index (Phi) is 6.87. The Morgan fingerprint density at radius 1 is 0.750 bits per heavy atom. The first kappa shape index (κ1) is 30.0. The average Bonchev–Trinajstić information content (AvgIpc) is 3.65. The molecule has 48 heavy (non-hydrogen) atoms. The van der Waals surface area contributed by atoms with Crippen molar-refractivity contribution >= 4 is 46.0 Å². The predicted molar refractivity (Wildman–Crippen MR) is 199 cm³/mol. The third-order valence-corrected chi connectivity index (χ3v) is 12.3. The van der Waals surface area contributed by atoms with Gasteiger partial charge < -0.3 is 18.6 Å². The summed E-state index contributed by atoms with van der Waals surface area (Å²) in [6.07, 6.45) is 13.5. The third-order valence-electron chi connectivity index (χ3n) is 12.3. The molecular formula is C43H44BNO3. The summed E-state index contributed by atoms with van der Waals surface area (Å²) in [5.41, 5.74) is 8.83. The summed E-state index contributed by atoms with van der Waals surface area (Å²) in [6, 6.07) is 33.7. The van der Waals surface area contributed by atoms with E-state index in [0.717, 1.165) is 59.6 Å². The van der Waals surface area contributed by atoms with Crippen molar-refractivity contribution in [1.82, 2.24) is 0 Å². The standard InChI is InChI=1S/C43H44BNO3/c1-41(2)42(3,4)48-44(47-41)43-26-25-35(27-32(43)28-43)45(33-21-17-30(18-22-33)29-11-6-5-7-12-29)34-23-19-31(20-24-34)36-14-10-15-38-37-13-8-9-16-39(37)46-40(36)38/h5-6,8-11,13-24,32,35H,7,12,25-28H2,1-4H3. The molecule has 5 aromatic rings. The second kappa shape index (κ2) is 11.0. The molecule has 3 fully saturated rings. The average molecular weight is 634 g/mol. The van der Waals surface area contributed by atoms with E-state index < -0.39 is 0 Å². The van der Waals surface area contributed by atoms with E-state index in [1.807, 2.05) is 6.07 Å². The minimum Gasteiger partial charge on any atom is -0.455 e. The van der Waals surface area contributed by atoms with Gasteiger partial charge in [-0.05, 0) is 119 Å². The van der Waals surface area contributed by atoms with Crippen LogP contribution in [0.1, 0.15) is 71.8 Å². The van der Waals surface area contributed by atoms with E-state index >= 15 is 0 Å². The molecule has 2 saturated carbocycles. The predicted octanol–water partition coefficient (Wildman–Crippen LogP) is 11.5. The molecule has 1 aromatic heterocycles. The van der Waals surface area contributed by atoms with Crippen molar-refractivity contribution in [1.29, 1.82) is 0 Å². The Balaban J connectivity index is 1.04. The fourth-order valence-corrected chi connectivity index (χ4v) is 8.65. The molecule has 0 bridgehead atoms. The molecule has 3 unspecified atom stereocenters. The Morgan fingerprint density at radius 2 is 1.44 bits per heavy atom. The zero-order valence-corrected chi connectivity index (χ0v) is 28.5. The number of benzene rings is 4. The number of para-hydroxylation sites is 2. The fraction of sp³-hybridized carbons (Fsp3) is 0.349. The van der Waals surface area contributed by atoms with Crippen LogP contribution in [-0.2, 0) is 9.31 Å². The van der Waals surface area contributed by atoms with Gasteiger partial charge in [0.05, 0.1) is 11.2 Å². The number of hydrogen-bond donors (Lipinski definition) is 0. The second-order valence-electron chi connectivity index (χ2n) is 15.6. The summed E-state index contributed by atoms with van der Waals surface area (Å²) < 4.78 is 19.7. The molecule has 242 valence electrons. The topological polar surface area (TPSA) is 34.8 Å². The fourth-order valence-electron chi connectivity index (χ4n) is 8.65. The second-order valence-corrected chi connectivity index (χ2v) is 15.6. The number of allylic oxidation sites excluding steroid dienone is 4. The van der Waals surface area contributed by atoms with Crippen LogP contribution in [0.2, 0.25) is 5.31 Å². The highest BCUT2D eigenvalue weighted by Gasteiger charge is 2.70. The van der Waals surface area contributed by atoms with Crippen LogP contribution >= 0.6 is 0 Å². The maximum atomic E-state index is 6.64. The van der Waals surface area contributed by atoms with E-state index in [-0.39, 0.29) is 23.6 Å². The molecule has 0 radical (unpaired) electrons. The number of rotatable bonds is 6. The van der Waals surface area contributed by atoms with Gasteiger partial charge in [0, 0.05) is 39.1 Å². The summed E-state index contributed by atoms with van der Waals surface area (Å²) in [5.74, 6) is 0.608. The van der Waals surface area contributed by atoms with Gasteiger partial charge in [-0.2, -0.15) is 0 Å². The quantitative estimate of drug-likeness (QED) is 0.174. The zero-order chi connectivity index (χ0) is 32.7. The Hall–Kier alpha value is -4.06. The molecule has 1 aliphatic heterocycles. The van der Waals surface area contributed by atoms with Crippen molar-refractivity contribution in [3.63, 3.8) is 0 Å². The van der Waals surface area contributed by atoms with Crippen molar-refractivity contribution in [2.75, 3.05) is 4.90 Å². The van der Waals surface area contributed by atoms with E-state index in [0.29, 0.717) is 12.0 Å². The summed E-state index contributed by atoms with van der Waals surface area (Å²) in [4.78, 5) is 2.61. The van der Waals surface area contributed by atoms with Gasteiger partial charge in [0.15, 0.2) is 0 Å². The lowest BCUT2D eigenvalue weighted by Gasteiger charge is -2.39. The minimum absolute atomic E-state index is 0.112. The Labute approximate surface area is 284 Å². The molecule has 3 atom stereocenters. The lowest BCUT2D eigenvalue weighted by Crippen LogP contribution is -2.41. The molecule has 0 N–H and O–H groups in total. The molecular weight excluding hydrogens is 589 g/mol. The molecule has 2 heterocycles. The van der Waals surface area contributed by atoms with Gasteiger partial charge in [0.25, 0.3) is 0 Å². The Bertz CT molecular complexity index is 2060. The highest BCUT2D eigenvalue weighted by molar-refractivity contribution is 6.51.